The van der Waals surface area contributed by atoms with E-state index in [1.54, 1.807) is 53.5 Å². The molecule has 31 heavy (non-hydrogen) atoms. The van der Waals surface area contributed by atoms with Crippen LogP contribution in [-0.2, 0) is 0 Å². The molecule has 0 bridgehead atoms. The van der Waals surface area contributed by atoms with Crippen molar-refractivity contribution in [3.05, 3.63) is 70.6 Å². The monoisotopic (exact) mass is 443 g/mol. The second-order valence-corrected chi connectivity index (χ2v) is 7.64. The van der Waals surface area contributed by atoms with E-state index >= 15 is 0 Å². The highest BCUT2D eigenvalue weighted by atomic mass is 35.5. The zero-order valence-electron chi connectivity index (χ0n) is 17.4. The van der Waals surface area contributed by atoms with E-state index in [4.69, 9.17) is 11.6 Å². The molecule has 2 atom stereocenters. The van der Waals surface area contributed by atoms with Crippen molar-refractivity contribution >= 4 is 23.5 Å². The lowest BCUT2D eigenvalue weighted by atomic mass is 10.1. The van der Waals surface area contributed by atoms with E-state index in [9.17, 15) is 15.0 Å². The number of aliphatic hydroxyl groups excluding tert-OH is 2. The molecule has 3 aromatic rings. The molecule has 0 radical (unpaired) electrons. The number of anilines is 1. The number of rotatable bonds is 9. The van der Waals surface area contributed by atoms with E-state index in [0.717, 1.165) is 17.5 Å². The summed E-state index contributed by atoms with van der Waals surface area (Å²) in [5, 5.41) is 25.6. The van der Waals surface area contributed by atoms with Crippen LogP contribution in [0.4, 0.5) is 5.95 Å². The first-order chi connectivity index (χ1) is 14.9. The van der Waals surface area contributed by atoms with Gasteiger partial charge in [-0.1, -0.05) is 30.7 Å². The molecule has 2 heterocycles. The van der Waals surface area contributed by atoms with Gasteiger partial charge in [0.2, 0.25) is 5.95 Å². The summed E-state index contributed by atoms with van der Waals surface area (Å²) in [5.74, 6) is 0.703. The molecule has 2 unspecified atom stereocenters. The Morgan fingerprint density at radius 2 is 2.06 bits per heavy atom. The highest BCUT2D eigenvalue weighted by Gasteiger charge is 2.17. The molecule has 0 spiro atoms. The number of aryl methyl sites for hydroxylation is 1. The predicted molar refractivity (Wildman–Crippen MR) is 120 cm³/mol. The molecule has 0 aliphatic heterocycles. The van der Waals surface area contributed by atoms with Crippen LogP contribution in [-0.4, -0.2) is 49.9 Å². The van der Waals surface area contributed by atoms with Crippen LogP contribution in [0.2, 0.25) is 5.02 Å². The zero-order valence-corrected chi connectivity index (χ0v) is 18.2. The number of aromatic nitrogens is 3. The summed E-state index contributed by atoms with van der Waals surface area (Å²) in [6, 6.07) is 7.98. The number of amides is 1. The first-order valence-corrected chi connectivity index (χ1v) is 10.4. The van der Waals surface area contributed by atoms with Gasteiger partial charge in [0.1, 0.15) is 5.82 Å². The van der Waals surface area contributed by atoms with Crippen molar-refractivity contribution in [3.8, 4) is 5.82 Å². The number of carbonyl (C=O) groups is 1. The van der Waals surface area contributed by atoms with Gasteiger partial charge in [0, 0.05) is 29.2 Å². The first-order valence-electron chi connectivity index (χ1n) is 10.0. The molecule has 0 aliphatic carbocycles. The number of halogens is 1. The van der Waals surface area contributed by atoms with Crippen molar-refractivity contribution in [2.24, 2.45) is 0 Å². The average Bonchev–Trinajstić information content (AvgIpc) is 3.27. The summed E-state index contributed by atoms with van der Waals surface area (Å²) in [5.41, 5.74) is 1.98. The molecule has 0 fully saturated rings. The lowest BCUT2D eigenvalue weighted by Gasteiger charge is -2.16. The average molecular weight is 444 g/mol. The molecule has 0 saturated carbocycles. The lowest BCUT2D eigenvalue weighted by Crippen LogP contribution is -2.30. The second kappa shape index (κ2) is 10.4. The van der Waals surface area contributed by atoms with Crippen molar-refractivity contribution < 1.29 is 15.0 Å². The number of hydrogen-bond acceptors (Lipinski definition) is 6. The number of aliphatic hydroxyl groups is 2. The van der Waals surface area contributed by atoms with Gasteiger partial charge in [-0.2, -0.15) is 4.98 Å². The predicted octanol–water partition coefficient (Wildman–Crippen LogP) is 2.88. The van der Waals surface area contributed by atoms with Gasteiger partial charge in [-0.3, -0.25) is 4.79 Å². The zero-order chi connectivity index (χ0) is 22.4. The SMILES string of the molecule is CCC(CO)Nc1ncc(C)c(-n2ccc(C(=O)NC(CO)c3cccc(Cl)c3)c2)n1. The molecule has 2 aromatic heterocycles. The third-order valence-corrected chi connectivity index (χ3v) is 5.17. The van der Waals surface area contributed by atoms with Gasteiger partial charge in [0.05, 0.1) is 30.9 Å². The minimum atomic E-state index is -0.574. The van der Waals surface area contributed by atoms with Crippen LogP contribution in [0.3, 0.4) is 0 Å². The summed E-state index contributed by atoms with van der Waals surface area (Å²) < 4.78 is 1.74. The quantitative estimate of drug-likeness (QED) is 0.404. The van der Waals surface area contributed by atoms with E-state index in [0.29, 0.717) is 22.4 Å². The van der Waals surface area contributed by atoms with Crippen LogP contribution >= 0.6 is 11.6 Å². The molecule has 9 heteroatoms. The van der Waals surface area contributed by atoms with Crippen LogP contribution in [0, 0.1) is 6.92 Å². The Bertz CT molecular complexity index is 1040. The van der Waals surface area contributed by atoms with Crippen molar-refractivity contribution in [2.75, 3.05) is 18.5 Å². The van der Waals surface area contributed by atoms with E-state index in [1.807, 2.05) is 13.8 Å². The largest absolute Gasteiger partial charge is 0.394 e. The highest BCUT2D eigenvalue weighted by molar-refractivity contribution is 6.30. The normalized spacial score (nSPS) is 12.9. The van der Waals surface area contributed by atoms with Gasteiger partial charge in [-0.25, -0.2) is 4.98 Å². The fourth-order valence-corrected chi connectivity index (χ4v) is 3.28. The Labute approximate surface area is 185 Å². The van der Waals surface area contributed by atoms with Crippen LogP contribution in [0.15, 0.2) is 48.9 Å². The van der Waals surface area contributed by atoms with Crippen molar-refractivity contribution in [1.29, 1.82) is 0 Å². The molecule has 1 aromatic carbocycles. The van der Waals surface area contributed by atoms with E-state index in [2.05, 4.69) is 20.6 Å². The standard InChI is InChI=1S/C22H26ClN5O3/c1-3-18(12-29)25-22-24-10-14(2)20(27-22)28-8-7-16(11-28)21(31)26-19(13-30)15-5-4-6-17(23)9-15/h4-11,18-19,29-30H,3,12-13H2,1-2H3,(H,26,31)(H,24,25,27). The molecule has 0 saturated heterocycles. The number of benzene rings is 1. The Balaban J connectivity index is 1.78. The maximum atomic E-state index is 12.8. The third kappa shape index (κ3) is 5.61. The van der Waals surface area contributed by atoms with Crippen molar-refractivity contribution in [1.82, 2.24) is 19.9 Å². The van der Waals surface area contributed by atoms with Gasteiger partial charge in [-0.05, 0) is 37.1 Å². The van der Waals surface area contributed by atoms with Crippen molar-refractivity contribution in [2.45, 2.75) is 32.4 Å². The van der Waals surface area contributed by atoms with Crippen molar-refractivity contribution in [3.63, 3.8) is 0 Å². The summed E-state index contributed by atoms with van der Waals surface area (Å²) >= 11 is 6.02. The van der Waals surface area contributed by atoms with Gasteiger partial charge in [-0.15, -0.1) is 0 Å². The van der Waals surface area contributed by atoms with Crippen LogP contribution < -0.4 is 10.6 Å². The Morgan fingerprint density at radius 1 is 1.26 bits per heavy atom. The van der Waals surface area contributed by atoms with Crippen LogP contribution in [0.1, 0.15) is 40.9 Å². The summed E-state index contributed by atoms with van der Waals surface area (Å²) in [6.45, 7) is 3.57. The lowest BCUT2D eigenvalue weighted by molar-refractivity contribution is 0.0916. The van der Waals surface area contributed by atoms with E-state index in [-0.39, 0.29) is 25.2 Å². The van der Waals surface area contributed by atoms with E-state index in [1.165, 1.54) is 0 Å². The van der Waals surface area contributed by atoms with Gasteiger partial charge < -0.3 is 25.4 Å². The molecule has 164 valence electrons. The molecule has 3 rings (SSSR count). The second-order valence-electron chi connectivity index (χ2n) is 7.20. The Morgan fingerprint density at radius 3 is 2.74 bits per heavy atom. The van der Waals surface area contributed by atoms with Gasteiger partial charge in [0.25, 0.3) is 5.91 Å². The molecule has 1 amide bonds. The summed E-state index contributed by atoms with van der Waals surface area (Å²) in [4.78, 5) is 21.5. The Hall–Kier alpha value is -2.94. The fraction of sp³-hybridized carbons (Fsp3) is 0.318. The number of carbonyl (C=O) groups excluding carboxylic acids is 1. The molecule has 0 aliphatic rings. The fourth-order valence-electron chi connectivity index (χ4n) is 3.09. The molecule has 8 nitrogen and oxygen atoms in total. The van der Waals surface area contributed by atoms with Crippen LogP contribution in [0.5, 0.6) is 0 Å². The summed E-state index contributed by atoms with van der Waals surface area (Å²) in [7, 11) is 0. The number of nitrogens with zero attached hydrogens (tertiary/aromatic N) is 3. The van der Waals surface area contributed by atoms with Crippen LogP contribution in [0.25, 0.3) is 5.82 Å². The number of nitrogens with one attached hydrogen (secondary N) is 2. The van der Waals surface area contributed by atoms with Gasteiger partial charge >= 0.3 is 0 Å². The topological polar surface area (TPSA) is 112 Å². The smallest absolute Gasteiger partial charge is 0.253 e. The first kappa shape index (κ1) is 22.7. The maximum absolute atomic E-state index is 12.8. The summed E-state index contributed by atoms with van der Waals surface area (Å²) in [6.07, 6.45) is 5.83. The number of hydrogen-bond donors (Lipinski definition) is 4. The minimum Gasteiger partial charge on any atom is -0.394 e. The Kier molecular flexibility index (Phi) is 7.62. The maximum Gasteiger partial charge on any atom is 0.253 e. The third-order valence-electron chi connectivity index (χ3n) is 4.93. The van der Waals surface area contributed by atoms with Gasteiger partial charge in [0.15, 0.2) is 0 Å². The molecular weight excluding hydrogens is 418 g/mol. The minimum absolute atomic E-state index is 0.0183. The molecule has 4 N–H and O–H groups in total. The molecular formula is C22H26ClN5O3. The highest BCUT2D eigenvalue weighted by Crippen LogP contribution is 2.19. The van der Waals surface area contributed by atoms with E-state index < -0.39 is 6.04 Å².